The van der Waals surface area contributed by atoms with Crippen LogP contribution in [0.1, 0.15) is 37.7 Å². The summed E-state index contributed by atoms with van der Waals surface area (Å²) in [7, 11) is 1.62. The Kier molecular flexibility index (Phi) is 8.14. The summed E-state index contributed by atoms with van der Waals surface area (Å²) in [5.74, 6) is 1.34. The van der Waals surface area contributed by atoms with Gasteiger partial charge in [0.15, 0.2) is 16.7 Å². The van der Waals surface area contributed by atoms with Gasteiger partial charge in [-0.05, 0) is 83.1 Å². The lowest BCUT2D eigenvalue weighted by Gasteiger charge is -2.30. The number of methoxy groups -OCH3 is 1. The maximum absolute atomic E-state index is 13.5. The van der Waals surface area contributed by atoms with Gasteiger partial charge < -0.3 is 9.47 Å². The Morgan fingerprint density at radius 3 is 2.67 bits per heavy atom. The number of para-hydroxylation sites is 1. The molecule has 7 heteroatoms. The molecule has 0 spiro atoms. The fraction of sp³-hybridized carbons (Fsp3) is 0.308. The molecule has 0 bridgehead atoms. The van der Waals surface area contributed by atoms with E-state index in [1.54, 1.807) is 13.2 Å². The lowest BCUT2D eigenvalue weighted by Crippen LogP contribution is -2.40. The van der Waals surface area contributed by atoms with Crippen molar-refractivity contribution in [2.45, 2.75) is 38.1 Å². The summed E-state index contributed by atoms with van der Waals surface area (Å²) in [6.07, 6.45) is 9.21. The smallest absolute Gasteiger partial charge is 0.267 e. The topological polar surface area (TPSA) is 51.1 Å². The standard InChI is InChI=1S/C26H27IN2O3S/c1-3-14-32-24-21(27)15-18(16-22(24)31-2)17-23-25(30)29(20-12-8-5-9-13-20)26(33-23)28-19-10-6-4-7-11-19/h3-4,6-7,10-11,15-17,20H,1,5,8-9,12-14H2,2H3/b23-17-,28-26?. The molecular weight excluding hydrogens is 547 g/mol. The highest BCUT2D eigenvalue weighted by molar-refractivity contribution is 14.1. The highest BCUT2D eigenvalue weighted by atomic mass is 127. The normalized spacial score (nSPS) is 19.3. The zero-order valence-corrected chi connectivity index (χ0v) is 21.6. The number of amides is 1. The molecule has 1 amide bonds. The monoisotopic (exact) mass is 574 g/mol. The summed E-state index contributed by atoms with van der Waals surface area (Å²) < 4.78 is 12.2. The number of aliphatic imine (C=N–C) groups is 1. The first-order chi connectivity index (χ1) is 16.1. The van der Waals surface area contributed by atoms with Crippen LogP contribution in [0.4, 0.5) is 5.69 Å². The molecule has 33 heavy (non-hydrogen) atoms. The lowest BCUT2D eigenvalue weighted by molar-refractivity contribution is -0.124. The van der Waals surface area contributed by atoms with E-state index in [0.29, 0.717) is 23.0 Å². The van der Waals surface area contributed by atoms with Crippen molar-refractivity contribution < 1.29 is 14.3 Å². The molecule has 0 aromatic heterocycles. The predicted molar refractivity (Wildman–Crippen MR) is 144 cm³/mol. The van der Waals surface area contributed by atoms with E-state index in [2.05, 4.69) is 29.2 Å². The highest BCUT2D eigenvalue weighted by Crippen LogP contribution is 2.40. The van der Waals surface area contributed by atoms with Crippen LogP contribution in [-0.2, 0) is 4.79 Å². The molecule has 5 nitrogen and oxygen atoms in total. The molecule has 2 fully saturated rings. The van der Waals surface area contributed by atoms with Crippen LogP contribution >= 0.6 is 34.4 Å². The minimum absolute atomic E-state index is 0.0301. The number of hydrogen-bond acceptors (Lipinski definition) is 5. The first kappa shape index (κ1) is 23.9. The molecule has 1 saturated heterocycles. The molecule has 2 aromatic rings. The first-order valence-electron chi connectivity index (χ1n) is 11.1. The number of thioether (sulfide) groups is 1. The van der Waals surface area contributed by atoms with Gasteiger partial charge in [0, 0.05) is 6.04 Å². The summed E-state index contributed by atoms with van der Waals surface area (Å²) >= 11 is 3.68. The zero-order valence-electron chi connectivity index (χ0n) is 18.6. The van der Waals surface area contributed by atoms with Crippen LogP contribution in [-0.4, -0.2) is 35.7 Å². The Labute approximate surface area is 213 Å². The number of ether oxygens (including phenoxy) is 2. The molecule has 4 rings (SSSR count). The second-order valence-electron chi connectivity index (χ2n) is 7.94. The maximum Gasteiger partial charge on any atom is 0.267 e. The largest absolute Gasteiger partial charge is 0.493 e. The Hall–Kier alpha value is -2.26. The van der Waals surface area contributed by atoms with Gasteiger partial charge in [-0.3, -0.25) is 9.69 Å². The number of carbonyl (C=O) groups excluding carboxylic acids is 1. The van der Waals surface area contributed by atoms with Crippen molar-refractivity contribution in [2.75, 3.05) is 13.7 Å². The van der Waals surface area contributed by atoms with Crippen molar-refractivity contribution in [3.63, 3.8) is 0 Å². The minimum atomic E-state index is 0.0301. The lowest BCUT2D eigenvalue weighted by atomic mass is 9.94. The van der Waals surface area contributed by atoms with Gasteiger partial charge in [0.2, 0.25) is 0 Å². The Morgan fingerprint density at radius 2 is 1.97 bits per heavy atom. The number of carbonyl (C=O) groups is 1. The molecule has 1 aliphatic carbocycles. The van der Waals surface area contributed by atoms with Crippen LogP contribution in [0.25, 0.3) is 6.08 Å². The maximum atomic E-state index is 13.5. The molecule has 2 aliphatic rings. The van der Waals surface area contributed by atoms with E-state index in [1.807, 2.05) is 53.4 Å². The molecule has 1 aliphatic heterocycles. The first-order valence-corrected chi connectivity index (χ1v) is 13.0. The van der Waals surface area contributed by atoms with E-state index in [4.69, 9.17) is 14.5 Å². The number of rotatable bonds is 7. The number of nitrogens with zero attached hydrogens (tertiary/aromatic N) is 2. The Bertz CT molecular complexity index is 1080. The van der Waals surface area contributed by atoms with Crippen LogP contribution in [0.2, 0.25) is 0 Å². The Balaban J connectivity index is 1.69. The van der Waals surface area contributed by atoms with Crippen molar-refractivity contribution in [3.8, 4) is 11.5 Å². The predicted octanol–water partition coefficient (Wildman–Crippen LogP) is 6.80. The fourth-order valence-corrected chi connectivity index (χ4v) is 5.94. The van der Waals surface area contributed by atoms with Gasteiger partial charge in [-0.15, -0.1) is 0 Å². The van der Waals surface area contributed by atoms with E-state index < -0.39 is 0 Å². The van der Waals surface area contributed by atoms with E-state index in [9.17, 15) is 4.79 Å². The summed E-state index contributed by atoms with van der Waals surface area (Å²) in [6.45, 7) is 4.10. The number of amidine groups is 1. The number of hydrogen-bond donors (Lipinski definition) is 0. The van der Waals surface area contributed by atoms with Gasteiger partial charge in [-0.25, -0.2) is 4.99 Å². The van der Waals surface area contributed by atoms with Crippen LogP contribution in [0.5, 0.6) is 11.5 Å². The molecule has 1 heterocycles. The quantitative estimate of drug-likeness (QED) is 0.207. The van der Waals surface area contributed by atoms with Gasteiger partial charge in [0.05, 0.1) is 21.3 Å². The minimum Gasteiger partial charge on any atom is -0.493 e. The molecule has 1 saturated carbocycles. The summed E-state index contributed by atoms with van der Waals surface area (Å²) in [4.78, 5) is 21.0. The van der Waals surface area contributed by atoms with Crippen LogP contribution in [0.15, 0.2) is 65.0 Å². The molecule has 0 N–H and O–H groups in total. The van der Waals surface area contributed by atoms with Gasteiger partial charge in [-0.1, -0.05) is 50.1 Å². The van der Waals surface area contributed by atoms with Crippen molar-refractivity contribution in [3.05, 3.63) is 69.2 Å². The zero-order chi connectivity index (χ0) is 23.2. The summed E-state index contributed by atoms with van der Waals surface area (Å²) in [6, 6.07) is 13.9. The third-order valence-electron chi connectivity index (χ3n) is 5.65. The fourth-order valence-electron chi connectivity index (χ4n) is 4.10. The van der Waals surface area contributed by atoms with Crippen LogP contribution in [0, 0.1) is 3.57 Å². The Morgan fingerprint density at radius 1 is 1.21 bits per heavy atom. The molecule has 0 atom stereocenters. The average molecular weight is 574 g/mol. The van der Waals surface area contributed by atoms with Gasteiger partial charge in [0.1, 0.15) is 6.61 Å². The molecule has 2 aromatic carbocycles. The SMILES string of the molecule is C=CCOc1c(I)cc(/C=C2\SC(=Nc3ccccc3)N(C3CCCCC3)C2=O)cc1OC. The van der Waals surface area contributed by atoms with E-state index in [0.717, 1.165) is 45.7 Å². The van der Waals surface area contributed by atoms with Crippen molar-refractivity contribution >= 4 is 57.2 Å². The average Bonchev–Trinajstić information content (AvgIpc) is 3.13. The molecular formula is C26H27IN2O3S. The van der Waals surface area contributed by atoms with Gasteiger partial charge in [0.25, 0.3) is 5.91 Å². The van der Waals surface area contributed by atoms with Crippen molar-refractivity contribution in [1.82, 2.24) is 4.90 Å². The molecule has 0 radical (unpaired) electrons. The van der Waals surface area contributed by atoms with E-state index in [1.165, 1.54) is 18.2 Å². The van der Waals surface area contributed by atoms with Gasteiger partial charge in [-0.2, -0.15) is 0 Å². The second kappa shape index (κ2) is 11.2. The second-order valence-corrected chi connectivity index (χ2v) is 10.1. The molecule has 172 valence electrons. The summed E-state index contributed by atoms with van der Waals surface area (Å²) in [5, 5.41) is 0.761. The van der Waals surface area contributed by atoms with Crippen LogP contribution < -0.4 is 9.47 Å². The third kappa shape index (κ3) is 5.63. The summed E-state index contributed by atoms with van der Waals surface area (Å²) in [5.41, 5.74) is 1.75. The van der Waals surface area contributed by atoms with Crippen molar-refractivity contribution in [1.29, 1.82) is 0 Å². The van der Waals surface area contributed by atoms with Crippen LogP contribution in [0.3, 0.4) is 0 Å². The molecule has 0 unspecified atom stereocenters. The van der Waals surface area contributed by atoms with Gasteiger partial charge >= 0.3 is 0 Å². The van der Waals surface area contributed by atoms with E-state index in [-0.39, 0.29) is 11.9 Å². The number of benzene rings is 2. The number of halogens is 1. The third-order valence-corrected chi connectivity index (χ3v) is 7.44. The highest BCUT2D eigenvalue weighted by Gasteiger charge is 2.38. The van der Waals surface area contributed by atoms with Crippen molar-refractivity contribution in [2.24, 2.45) is 4.99 Å². The van der Waals surface area contributed by atoms with E-state index >= 15 is 0 Å².